The van der Waals surface area contributed by atoms with Crippen molar-refractivity contribution in [3.63, 3.8) is 0 Å². The van der Waals surface area contributed by atoms with E-state index in [0.717, 1.165) is 6.20 Å². The number of carbonyl (C=O) groups excluding carboxylic acids is 2. The Bertz CT molecular complexity index is 409. The molecule has 0 aliphatic carbocycles. The van der Waals surface area contributed by atoms with Crippen molar-refractivity contribution < 1.29 is 19.2 Å². The maximum Gasteiger partial charge on any atom is 0.361 e. The fourth-order valence-corrected chi connectivity index (χ4v) is 1.08. The van der Waals surface area contributed by atoms with Crippen molar-refractivity contribution >= 4 is 17.9 Å². The van der Waals surface area contributed by atoms with Crippen molar-refractivity contribution in [1.29, 1.82) is 0 Å². The molecule has 0 amide bonds. The van der Waals surface area contributed by atoms with Gasteiger partial charge in [-0.3, -0.25) is 14.9 Å². The second-order valence-corrected chi connectivity index (χ2v) is 2.56. The molecule has 7 nitrogen and oxygen atoms in total. The zero-order valence-corrected chi connectivity index (χ0v) is 7.85. The predicted octanol–water partition coefficient (Wildman–Crippen LogP) is 0.912. The number of H-pyrrole nitrogens is 1. The van der Waals surface area contributed by atoms with Crippen LogP contribution in [0.5, 0.6) is 0 Å². The average Bonchev–Trinajstić information content (AvgIpc) is 2.61. The van der Waals surface area contributed by atoms with Crippen LogP contribution >= 0.6 is 0 Å². The maximum atomic E-state index is 11.2. The third-order valence-electron chi connectivity index (χ3n) is 1.67. The highest BCUT2D eigenvalue weighted by molar-refractivity contribution is 5.97. The van der Waals surface area contributed by atoms with E-state index in [1.165, 1.54) is 0 Å². The zero-order chi connectivity index (χ0) is 11.4. The van der Waals surface area contributed by atoms with E-state index in [1.807, 2.05) is 0 Å². The summed E-state index contributed by atoms with van der Waals surface area (Å²) in [6.45, 7) is 1.68. The number of aromatic amines is 1. The second-order valence-electron chi connectivity index (χ2n) is 2.56. The van der Waals surface area contributed by atoms with Crippen LogP contribution in [0.1, 0.15) is 27.8 Å². The fraction of sp³-hybridized carbons (Fsp3) is 0.250. The number of hydrogen-bond donors (Lipinski definition) is 1. The number of ether oxygens (including phenoxy) is 1. The number of nitrogens with zero attached hydrogens (tertiary/aromatic N) is 1. The molecule has 0 spiro atoms. The van der Waals surface area contributed by atoms with Gasteiger partial charge in [0.1, 0.15) is 5.56 Å². The number of nitro groups is 1. The van der Waals surface area contributed by atoms with Gasteiger partial charge in [0.25, 0.3) is 0 Å². The standard InChI is InChI=1S/C8H8N2O5/c1-2-15-8(12)6-7(10(13)14)5(4-11)3-9-6/h3-4,9H,2H2,1H3. The summed E-state index contributed by atoms with van der Waals surface area (Å²) in [7, 11) is 0. The molecular formula is C8H8N2O5. The van der Waals surface area contributed by atoms with Crippen LogP contribution in [0.15, 0.2) is 6.20 Å². The quantitative estimate of drug-likeness (QED) is 0.346. The van der Waals surface area contributed by atoms with Gasteiger partial charge in [-0.05, 0) is 6.92 Å². The van der Waals surface area contributed by atoms with Crippen LogP contribution in [-0.4, -0.2) is 28.8 Å². The molecule has 0 aromatic carbocycles. The van der Waals surface area contributed by atoms with Gasteiger partial charge in [-0.2, -0.15) is 0 Å². The third kappa shape index (κ3) is 2.01. The van der Waals surface area contributed by atoms with E-state index >= 15 is 0 Å². The van der Waals surface area contributed by atoms with E-state index in [4.69, 9.17) is 0 Å². The lowest BCUT2D eigenvalue weighted by Gasteiger charge is -1.98. The Hall–Kier alpha value is -2.18. The number of carbonyl (C=O) groups is 2. The van der Waals surface area contributed by atoms with Gasteiger partial charge in [0.15, 0.2) is 6.29 Å². The van der Waals surface area contributed by atoms with Crippen LogP contribution < -0.4 is 0 Å². The van der Waals surface area contributed by atoms with Gasteiger partial charge in [-0.25, -0.2) is 4.79 Å². The molecule has 1 N–H and O–H groups in total. The smallest absolute Gasteiger partial charge is 0.361 e. The first-order valence-electron chi connectivity index (χ1n) is 4.09. The molecule has 0 saturated heterocycles. The summed E-state index contributed by atoms with van der Waals surface area (Å²) in [5.41, 5.74) is -1.05. The molecule has 0 fully saturated rings. The van der Waals surface area contributed by atoms with E-state index in [2.05, 4.69) is 9.72 Å². The molecule has 0 atom stereocenters. The Morgan fingerprint density at radius 1 is 1.73 bits per heavy atom. The van der Waals surface area contributed by atoms with E-state index in [-0.39, 0.29) is 17.9 Å². The molecule has 15 heavy (non-hydrogen) atoms. The number of aldehydes is 1. The van der Waals surface area contributed by atoms with Gasteiger partial charge in [0.2, 0.25) is 5.69 Å². The van der Waals surface area contributed by atoms with Crippen LogP contribution in [0, 0.1) is 10.1 Å². The molecule has 7 heteroatoms. The normalized spacial score (nSPS) is 9.67. The van der Waals surface area contributed by atoms with Crippen molar-refractivity contribution in [3.05, 3.63) is 27.6 Å². The molecule has 1 rings (SSSR count). The molecule has 0 aliphatic rings. The lowest BCUT2D eigenvalue weighted by atomic mass is 10.2. The first-order valence-corrected chi connectivity index (χ1v) is 4.09. The number of nitrogens with one attached hydrogen (secondary N) is 1. The summed E-state index contributed by atoms with van der Waals surface area (Å²) in [6.07, 6.45) is 1.40. The molecule has 0 unspecified atom stereocenters. The minimum Gasteiger partial charge on any atom is -0.461 e. The van der Waals surface area contributed by atoms with Gasteiger partial charge in [0.05, 0.1) is 11.5 Å². The van der Waals surface area contributed by atoms with Crippen LogP contribution in [0.3, 0.4) is 0 Å². The van der Waals surface area contributed by atoms with Crippen LogP contribution in [0.25, 0.3) is 0 Å². The van der Waals surface area contributed by atoms with Gasteiger partial charge >= 0.3 is 11.7 Å². The lowest BCUT2D eigenvalue weighted by molar-refractivity contribution is -0.385. The fourth-order valence-electron chi connectivity index (χ4n) is 1.08. The number of rotatable bonds is 4. The van der Waals surface area contributed by atoms with Crippen LogP contribution in [0.2, 0.25) is 0 Å². The molecule has 0 saturated carbocycles. The first kappa shape index (κ1) is 10.9. The summed E-state index contributed by atoms with van der Waals surface area (Å²) in [4.78, 5) is 33.8. The highest BCUT2D eigenvalue weighted by Gasteiger charge is 2.27. The molecule has 80 valence electrons. The summed E-state index contributed by atoms with van der Waals surface area (Å²) in [5.74, 6) is -0.850. The summed E-state index contributed by atoms with van der Waals surface area (Å²) in [6, 6.07) is 0. The van der Waals surface area contributed by atoms with Crippen LogP contribution in [0.4, 0.5) is 5.69 Å². The average molecular weight is 212 g/mol. The van der Waals surface area contributed by atoms with E-state index in [0.29, 0.717) is 6.29 Å². The van der Waals surface area contributed by atoms with Crippen LogP contribution in [-0.2, 0) is 4.74 Å². The minimum absolute atomic E-state index is 0.103. The van der Waals surface area contributed by atoms with Gasteiger partial charge < -0.3 is 9.72 Å². The summed E-state index contributed by atoms with van der Waals surface area (Å²) >= 11 is 0. The van der Waals surface area contributed by atoms with E-state index in [9.17, 15) is 19.7 Å². The molecule has 0 aliphatic heterocycles. The molecule has 0 radical (unpaired) electrons. The number of aromatic nitrogens is 1. The minimum atomic E-state index is -0.850. The van der Waals surface area contributed by atoms with E-state index in [1.54, 1.807) is 6.92 Å². The highest BCUT2D eigenvalue weighted by atomic mass is 16.6. The topological polar surface area (TPSA) is 102 Å². The Morgan fingerprint density at radius 2 is 2.40 bits per heavy atom. The Kier molecular flexibility index (Phi) is 3.17. The Labute approximate surface area is 84.2 Å². The summed E-state index contributed by atoms with van der Waals surface area (Å²) < 4.78 is 4.59. The molecular weight excluding hydrogens is 204 g/mol. The zero-order valence-electron chi connectivity index (χ0n) is 7.85. The van der Waals surface area contributed by atoms with Gasteiger partial charge in [-0.15, -0.1) is 0 Å². The van der Waals surface area contributed by atoms with Crippen molar-refractivity contribution in [3.8, 4) is 0 Å². The third-order valence-corrected chi connectivity index (χ3v) is 1.67. The second kappa shape index (κ2) is 4.36. The monoisotopic (exact) mass is 212 g/mol. The first-order chi connectivity index (χ1) is 7.11. The Morgan fingerprint density at radius 3 is 2.87 bits per heavy atom. The van der Waals surface area contributed by atoms with Crippen molar-refractivity contribution in [1.82, 2.24) is 4.98 Å². The van der Waals surface area contributed by atoms with Crippen molar-refractivity contribution in [2.45, 2.75) is 6.92 Å². The molecule has 0 bridgehead atoms. The van der Waals surface area contributed by atoms with Crippen molar-refractivity contribution in [2.24, 2.45) is 0 Å². The van der Waals surface area contributed by atoms with Gasteiger partial charge in [-0.1, -0.05) is 0 Å². The largest absolute Gasteiger partial charge is 0.461 e. The van der Waals surface area contributed by atoms with Gasteiger partial charge in [0, 0.05) is 6.20 Å². The van der Waals surface area contributed by atoms with Crippen molar-refractivity contribution in [2.75, 3.05) is 6.61 Å². The number of esters is 1. The Balaban J connectivity index is 3.18. The molecule has 1 aromatic rings. The van der Waals surface area contributed by atoms with E-state index < -0.39 is 16.6 Å². The predicted molar refractivity (Wildman–Crippen MR) is 48.8 cm³/mol. The molecule has 1 heterocycles. The maximum absolute atomic E-state index is 11.2. The SMILES string of the molecule is CCOC(=O)c1[nH]cc(C=O)c1[N+](=O)[O-]. The number of hydrogen-bond acceptors (Lipinski definition) is 5. The molecule has 1 aromatic heterocycles. The summed E-state index contributed by atoms with van der Waals surface area (Å²) in [5, 5.41) is 10.6. The lowest BCUT2D eigenvalue weighted by Crippen LogP contribution is -2.08. The highest BCUT2D eigenvalue weighted by Crippen LogP contribution is 2.22.